The first-order valence-electron chi connectivity index (χ1n) is 7.77. The van der Waals surface area contributed by atoms with Gasteiger partial charge in [-0.25, -0.2) is 9.18 Å². The number of hydrogen-bond acceptors (Lipinski definition) is 5. The molecule has 25 heavy (non-hydrogen) atoms. The Morgan fingerprint density at radius 3 is 2.60 bits per heavy atom. The largest absolute Gasteiger partial charge is 0.468 e. The maximum atomic E-state index is 13.1. The van der Waals surface area contributed by atoms with E-state index in [4.69, 9.17) is 10.00 Å². The van der Waals surface area contributed by atoms with Gasteiger partial charge in [0.25, 0.3) is 0 Å². The molecule has 2 aromatic rings. The third-order valence-electron chi connectivity index (χ3n) is 4.43. The van der Waals surface area contributed by atoms with Crippen molar-refractivity contribution in [1.29, 1.82) is 5.26 Å². The van der Waals surface area contributed by atoms with Crippen molar-refractivity contribution < 1.29 is 19.0 Å². The van der Waals surface area contributed by atoms with Crippen LogP contribution in [0.15, 0.2) is 48.5 Å². The van der Waals surface area contributed by atoms with Crippen LogP contribution in [0, 0.1) is 17.1 Å². The van der Waals surface area contributed by atoms with Crippen LogP contribution >= 0.6 is 0 Å². The van der Waals surface area contributed by atoms with Crippen molar-refractivity contribution in [2.45, 2.75) is 11.6 Å². The molecule has 6 heteroatoms. The first-order valence-corrected chi connectivity index (χ1v) is 7.77. The van der Waals surface area contributed by atoms with Crippen LogP contribution in [0.4, 0.5) is 4.39 Å². The van der Waals surface area contributed by atoms with Gasteiger partial charge in [0.15, 0.2) is 0 Å². The number of rotatable bonds is 4. The van der Waals surface area contributed by atoms with Crippen LogP contribution in [0.1, 0.15) is 22.7 Å². The molecule has 0 aliphatic carbocycles. The van der Waals surface area contributed by atoms with Crippen molar-refractivity contribution in [2.24, 2.45) is 0 Å². The molecule has 3 rings (SSSR count). The molecule has 128 valence electrons. The first kappa shape index (κ1) is 17.1. The summed E-state index contributed by atoms with van der Waals surface area (Å²) in [5.41, 5.74) is 0.527. The van der Waals surface area contributed by atoms with E-state index < -0.39 is 17.6 Å². The number of nitriles is 1. The normalized spacial score (nSPS) is 17.2. The van der Waals surface area contributed by atoms with Crippen LogP contribution in [0.2, 0.25) is 0 Å². The number of hydrogen-bond donors (Lipinski definition) is 1. The second-order valence-corrected chi connectivity index (χ2v) is 6.11. The number of benzene rings is 2. The predicted molar refractivity (Wildman–Crippen MR) is 87.8 cm³/mol. The highest BCUT2D eigenvalue weighted by molar-refractivity contribution is 5.78. The summed E-state index contributed by atoms with van der Waals surface area (Å²) >= 11 is 0. The van der Waals surface area contributed by atoms with Gasteiger partial charge < -0.3 is 9.84 Å². The number of methoxy groups -OCH3 is 1. The van der Waals surface area contributed by atoms with E-state index in [9.17, 15) is 14.3 Å². The lowest BCUT2D eigenvalue weighted by Gasteiger charge is -2.49. The van der Waals surface area contributed by atoms with Gasteiger partial charge >= 0.3 is 5.97 Å². The number of ether oxygens (including phenoxy) is 1. The molecule has 1 heterocycles. The fraction of sp³-hybridized carbons (Fsp3) is 0.263. The van der Waals surface area contributed by atoms with Gasteiger partial charge in [-0.3, -0.25) is 4.90 Å². The Kier molecular flexibility index (Phi) is 4.53. The lowest BCUT2D eigenvalue weighted by Crippen LogP contribution is -2.61. The first-order chi connectivity index (χ1) is 12.0. The third-order valence-corrected chi connectivity index (χ3v) is 4.43. The van der Waals surface area contributed by atoms with E-state index in [1.165, 1.54) is 31.4 Å². The van der Waals surface area contributed by atoms with Gasteiger partial charge in [-0.15, -0.1) is 0 Å². The van der Waals surface area contributed by atoms with Crippen LogP contribution in [0.25, 0.3) is 0 Å². The van der Waals surface area contributed by atoms with E-state index in [1.54, 1.807) is 29.2 Å². The molecule has 2 aromatic carbocycles. The molecule has 0 bridgehead atoms. The Labute approximate surface area is 144 Å². The van der Waals surface area contributed by atoms with Crippen molar-refractivity contribution in [3.05, 3.63) is 71.0 Å². The number of β-amino-alcohol motifs (C(OH)–C–C–N with tert-alkyl or cyclic N) is 1. The summed E-state index contributed by atoms with van der Waals surface area (Å²) < 4.78 is 18.0. The van der Waals surface area contributed by atoms with Gasteiger partial charge in [0.05, 0.1) is 18.7 Å². The van der Waals surface area contributed by atoms with E-state index in [0.717, 1.165) is 0 Å². The average Bonchev–Trinajstić information content (AvgIpc) is 2.60. The fourth-order valence-corrected chi connectivity index (χ4v) is 3.14. The van der Waals surface area contributed by atoms with E-state index in [2.05, 4.69) is 0 Å². The highest BCUT2D eigenvalue weighted by Gasteiger charge is 2.48. The SMILES string of the molecule is COC(=O)[C@@H](c1cccc(C#N)c1)N1CC(O)(c2ccc(F)cc2)C1. The fourth-order valence-electron chi connectivity index (χ4n) is 3.14. The molecule has 1 atom stereocenters. The molecule has 1 fully saturated rings. The third kappa shape index (κ3) is 3.25. The van der Waals surface area contributed by atoms with Gasteiger partial charge in [0, 0.05) is 13.1 Å². The minimum absolute atomic E-state index is 0.204. The molecular formula is C19H17FN2O3. The molecule has 0 radical (unpaired) electrons. The zero-order valence-corrected chi connectivity index (χ0v) is 13.6. The number of aliphatic hydroxyl groups is 1. The molecule has 1 N–H and O–H groups in total. The van der Waals surface area contributed by atoms with E-state index in [1.807, 2.05) is 6.07 Å². The quantitative estimate of drug-likeness (QED) is 0.863. The molecule has 0 unspecified atom stereocenters. The molecule has 0 amide bonds. The van der Waals surface area contributed by atoms with Crippen molar-refractivity contribution in [3.63, 3.8) is 0 Å². The Bertz CT molecular complexity index is 823. The second-order valence-electron chi connectivity index (χ2n) is 6.11. The molecule has 0 saturated carbocycles. The molecule has 5 nitrogen and oxygen atoms in total. The summed E-state index contributed by atoms with van der Waals surface area (Å²) in [4.78, 5) is 14.0. The smallest absolute Gasteiger partial charge is 0.327 e. The van der Waals surface area contributed by atoms with Crippen molar-refractivity contribution in [1.82, 2.24) is 4.90 Å². The Morgan fingerprint density at radius 1 is 1.32 bits per heavy atom. The van der Waals surface area contributed by atoms with Gasteiger partial charge in [-0.1, -0.05) is 24.3 Å². The van der Waals surface area contributed by atoms with Crippen LogP contribution < -0.4 is 0 Å². The summed E-state index contributed by atoms with van der Waals surface area (Å²) in [6.07, 6.45) is 0. The number of esters is 1. The maximum Gasteiger partial charge on any atom is 0.327 e. The molecule has 1 aliphatic rings. The number of halogens is 1. The topological polar surface area (TPSA) is 73.6 Å². The predicted octanol–water partition coefficient (Wildman–Crippen LogP) is 2.11. The minimum Gasteiger partial charge on any atom is -0.468 e. The Hall–Kier alpha value is -2.75. The minimum atomic E-state index is -1.15. The number of carbonyl (C=O) groups is 1. The van der Waals surface area contributed by atoms with Crippen LogP contribution in [-0.2, 0) is 15.1 Å². The lowest BCUT2D eigenvalue weighted by atomic mass is 9.84. The standard InChI is InChI=1S/C19H17FN2O3/c1-25-18(23)17(14-4-2-3-13(9-14)10-21)22-11-19(24,12-22)15-5-7-16(20)8-6-15/h2-9,17,24H,11-12H2,1H3/t17-/m1/s1. The van der Waals surface area contributed by atoms with Gasteiger partial charge in [0.2, 0.25) is 0 Å². The highest BCUT2D eigenvalue weighted by Crippen LogP contribution is 2.38. The Morgan fingerprint density at radius 2 is 2.00 bits per heavy atom. The number of nitrogens with zero attached hydrogens (tertiary/aromatic N) is 2. The monoisotopic (exact) mass is 340 g/mol. The summed E-state index contributed by atoms with van der Waals surface area (Å²) in [6, 6.07) is 13.7. The van der Waals surface area contributed by atoms with E-state index in [-0.39, 0.29) is 18.9 Å². The molecule has 1 saturated heterocycles. The molecule has 0 spiro atoms. The summed E-state index contributed by atoms with van der Waals surface area (Å²) in [5.74, 6) is -0.833. The summed E-state index contributed by atoms with van der Waals surface area (Å²) in [7, 11) is 1.30. The highest BCUT2D eigenvalue weighted by atomic mass is 19.1. The van der Waals surface area contributed by atoms with E-state index >= 15 is 0 Å². The van der Waals surface area contributed by atoms with Crippen molar-refractivity contribution in [3.8, 4) is 6.07 Å². The molecule has 1 aliphatic heterocycles. The lowest BCUT2D eigenvalue weighted by molar-refractivity contribution is -0.163. The van der Waals surface area contributed by atoms with Gasteiger partial charge in [-0.05, 0) is 35.4 Å². The average molecular weight is 340 g/mol. The maximum absolute atomic E-state index is 13.1. The zero-order valence-electron chi connectivity index (χ0n) is 13.6. The second kappa shape index (κ2) is 6.63. The van der Waals surface area contributed by atoms with Crippen molar-refractivity contribution >= 4 is 5.97 Å². The number of likely N-dealkylation sites (tertiary alicyclic amines) is 1. The van der Waals surface area contributed by atoms with E-state index in [0.29, 0.717) is 16.7 Å². The number of carbonyl (C=O) groups excluding carboxylic acids is 1. The molecule has 0 aromatic heterocycles. The summed E-state index contributed by atoms with van der Waals surface area (Å²) in [5, 5.41) is 19.8. The summed E-state index contributed by atoms with van der Waals surface area (Å²) in [6.45, 7) is 0.407. The van der Waals surface area contributed by atoms with Gasteiger partial charge in [0.1, 0.15) is 17.5 Å². The van der Waals surface area contributed by atoms with Crippen molar-refractivity contribution in [2.75, 3.05) is 20.2 Å². The van der Waals surface area contributed by atoms with Crippen LogP contribution in [-0.4, -0.2) is 36.2 Å². The van der Waals surface area contributed by atoms with Crippen LogP contribution in [0.3, 0.4) is 0 Å². The zero-order chi connectivity index (χ0) is 18.0. The Balaban J connectivity index is 1.84. The molecular weight excluding hydrogens is 323 g/mol. The van der Waals surface area contributed by atoms with Gasteiger partial charge in [-0.2, -0.15) is 5.26 Å². The van der Waals surface area contributed by atoms with Crippen LogP contribution in [0.5, 0.6) is 0 Å².